The van der Waals surface area contributed by atoms with Gasteiger partial charge in [0.1, 0.15) is 0 Å². The summed E-state index contributed by atoms with van der Waals surface area (Å²) in [4.78, 5) is 27.0. The Morgan fingerprint density at radius 2 is 1.61 bits per heavy atom. The fourth-order valence-corrected chi connectivity index (χ4v) is 3.44. The summed E-state index contributed by atoms with van der Waals surface area (Å²) in [6, 6.07) is 7.85. The lowest BCUT2D eigenvalue weighted by Crippen LogP contribution is -2.36. The number of piperidine rings is 1. The molecule has 1 fully saturated rings. The third-order valence-electron chi connectivity index (χ3n) is 4.63. The molecular formula is C18H25N3O2. The molecule has 0 radical (unpaired) electrons. The molecule has 2 heterocycles. The second-order valence-electron chi connectivity index (χ2n) is 6.27. The predicted molar refractivity (Wildman–Crippen MR) is 91.5 cm³/mol. The maximum atomic E-state index is 12.7. The fourth-order valence-electron chi connectivity index (χ4n) is 3.44. The maximum absolute atomic E-state index is 12.7. The predicted octanol–water partition coefficient (Wildman–Crippen LogP) is 2.62. The van der Waals surface area contributed by atoms with E-state index in [-0.39, 0.29) is 11.6 Å². The number of benzene rings is 1. The molecule has 1 aliphatic rings. The number of amides is 1. The number of nitrogens with zero attached hydrogens (tertiary/aromatic N) is 3. The molecule has 1 aromatic heterocycles. The summed E-state index contributed by atoms with van der Waals surface area (Å²) in [5.74, 6) is 0.170. The van der Waals surface area contributed by atoms with Crippen molar-refractivity contribution in [2.45, 2.75) is 52.1 Å². The van der Waals surface area contributed by atoms with Crippen LogP contribution in [0, 0.1) is 0 Å². The van der Waals surface area contributed by atoms with Gasteiger partial charge in [0, 0.05) is 32.6 Å². The van der Waals surface area contributed by atoms with E-state index < -0.39 is 0 Å². The van der Waals surface area contributed by atoms with Crippen LogP contribution in [-0.4, -0.2) is 33.0 Å². The van der Waals surface area contributed by atoms with Crippen LogP contribution in [0.2, 0.25) is 0 Å². The lowest BCUT2D eigenvalue weighted by Gasteiger charge is -2.26. The van der Waals surface area contributed by atoms with Crippen LogP contribution in [0.25, 0.3) is 11.0 Å². The molecule has 0 unspecified atom stereocenters. The van der Waals surface area contributed by atoms with Crippen molar-refractivity contribution in [2.75, 3.05) is 13.1 Å². The van der Waals surface area contributed by atoms with Gasteiger partial charge >= 0.3 is 5.69 Å². The zero-order valence-corrected chi connectivity index (χ0v) is 13.8. The number of hydrogen-bond donors (Lipinski definition) is 0. The van der Waals surface area contributed by atoms with Crippen molar-refractivity contribution in [3.05, 3.63) is 34.7 Å². The van der Waals surface area contributed by atoms with E-state index in [0.29, 0.717) is 19.5 Å². The molecule has 23 heavy (non-hydrogen) atoms. The Hall–Kier alpha value is -2.04. The van der Waals surface area contributed by atoms with Gasteiger partial charge in [-0.05, 0) is 37.8 Å². The number of aromatic nitrogens is 2. The molecule has 5 heteroatoms. The van der Waals surface area contributed by atoms with Crippen molar-refractivity contribution in [1.29, 1.82) is 0 Å². The first-order chi connectivity index (χ1) is 11.2. The fraction of sp³-hybridized carbons (Fsp3) is 0.556. The normalized spacial score (nSPS) is 15.3. The first kappa shape index (κ1) is 15.8. The number of imidazole rings is 1. The molecule has 5 nitrogen and oxygen atoms in total. The Morgan fingerprint density at radius 3 is 2.22 bits per heavy atom. The molecule has 0 bridgehead atoms. The Morgan fingerprint density at radius 1 is 1.00 bits per heavy atom. The van der Waals surface area contributed by atoms with E-state index >= 15 is 0 Å². The van der Waals surface area contributed by atoms with Crippen molar-refractivity contribution in [3.8, 4) is 0 Å². The number of likely N-dealkylation sites (tertiary alicyclic amines) is 1. The summed E-state index contributed by atoms with van der Waals surface area (Å²) in [6.07, 6.45) is 4.73. The number of carbonyl (C=O) groups is 1. The molecule has 1 amide bonds. The molecule has 1 saturated heterocycles. The molecular weight excluding hydrogens is 290 g/mol. The van der Waals surface area contributed by atoms with Crippen LogP contribution in [-0.2, 0) is 17.9 Å². The van der Waals surface area contributed by atoms with Crippen LogP contribution in [0.3, 0.4) is 0 Å². The SMILES string of the molecule is CCCn1c(=O)n(CCC(=O)N2CCCCC2)c2ccccc21. The zero-order chi connectivity index (χ0) is 16.2. The maximum Gasteiger partial charge on any atom is 0.329 e. The third kappa shape index (κ3) is 3.19. The smallest absolute Gasteiger partial charge is 0.329 e. The average Bonchev–Trinajstić information content (AvgIpc) is 2.86. The summed E-state index contributed by atoms with van der Waals surface area (Å²) in [5.41, 5.74) is 1.89. The number of para-hydroxylation sites is 2. The lowest BCUT2D eigenvalue weighted by atomic mass is 10.1. The number of carbonyl (C=O) groups excluding carboxylic acids is 1. The van der Waals surface area contributed by atoms with E-state index in [1.165, 1.54) is 6.42 Å². The first-order valence-corrected chi connectivity index (χ1v) is 8.68. The van der Waals surface area contributed by atoms with Gasteiger partial charge < -0.3 is 4.90 Å². The third-order valence-corrected chi connectivity index (χ3v) is 4.63. The molecule has 1 aromatic carbocycles. The molecule has 124 valence electrons. The highest BCUT2D eigenvalue weighted by atomic mass is 16.2. The molecule has 0 spiro atoms. The lowest BCUT2D eigenvalue weighted by molar-refractivity contribution is -0.132. The van der Waals surface area contributed by atoms with Crippen molar-refractivity contribution in [1.82, 2.24) is 14.0 Å². The molecule has 0 N–H and O–H groups in total. The van der Waals surface area contributed by atoms with Crippen molar-refractivity contribution < 1.29 is 4.79 Å². The highest BCUT2D eigenvalue weighted by Gasteiger charge is 2.18. The highest BCUT2D eigenvalue weighted by molar-refractivity contribution is 5.78. The van der Waals surface area contributed by atoms with E-state index in [0.717, 1.165) is 43.4 Å². The van der Waals surface area contributed by atoms with Gasteiger partial charge in [-0.2, -0.15) is 0 Å². The Labute approximate surface area is 136 Å². The number of fused-ring (bicyclic) bond motifs is 1. The summed E-state index contributed by atoms with van der Waals surface area (Å²) in [7, 11) is 0. The average molecular weight is 315 g/mol. The van der Waals surface area contributed by atoms with Gasteiger partial charge in [-0.15, -0.1) is 0 Å². The first-order valence-electron chi connectivity index (χ1n) is 8.68. The van der Waals surface area contributed by atoms with Gasteiger partial charge in [-0.1, -0.05) is 19.1 Å². The summed E-state index contributed by atoms with van der Waals surface area (Å²) in [6.45, 7) is 4.98. The van der Waals surface area contributed by atoms with Crippen molar-refractivity contribution in [3.63, 3.8) is 0 Å². The number of aryl methyl sites for hydroxylation is 2. The minimum atomic E-state index is -0.000468. The van der Waals surface area contributed by atoms with E-state index in [2.05, 4.69) is 6.92 Å². The topological polar surface area (TPSA) is 47.2 Å². The summed E-state index contributed by atoms with van der Waals surface area (Å²) < 4.78 is 3.58. The van der Waals surface area contributed by atoms with Crippen LogP contribution in [0.15, 0.2) is 29.1 Å². The Kier molecular flexibility index (Phi) is 4.84. The molecule has 2 aromatic rings. The monoisotopic (exact) mass is 315 g/mol. The van der Waals surface area contributed by atoms with Gasteiger partial charge in [-0.25, -0.2) is 4.79 Å². The molecule has 3 rings (SSSR count). The molecule has 0 atom stereocenters. The number of hydrogen-bond acceptors (Lipinski definition) is 2. The van der Waals surface area contributed by atoms with Gasteiger partial charge in [0.15, 0.2) is 0 Å². The summed E-state index contributed by atoms with van der Waals surface area (Å²) in [5, 5.41) is 0. The van der Waals surface area contributed by atoms with Gasteiger partial charge in [-0.3, -0.25) is 13.9 Å². The second kappa shape index (κ2) is 7.02. The quantitative estimate of drug-likeness (QED) is 0.851. The standard InChI is InChI=1S/C18H25N3O2/c1-2-11-20-15-8-4-5-9-16(15)21(18(20)23)14-10-17(22)19-12-6-3-7-13-19/h4-5,8-9H,2-3,6-7,10-14H2,1H3. The summed E-state index contributed by atoms with van der Waals surface area (Å²) >= 11 is 0. The Balaban J connectivity index is 1.81. The van der Waals surface area contributed by atoms with E-state index in [1.54, 1.807) is 4.57 Å². The second-order valence-corrected chi connectivity index (χ2v) is 6.27. The van der Waals surface area contributed by atoms with Crippen LogP contribution < -0.4 is 5.69 Å². The largest absolute Gasteiger partial charge is 0.343 e. The minimum Gasteiger partial charge on any atom is -0.343 e. The van der Waals surface area contributed by atoms with E-state index in [1.807, 2.05) is 33.7 Å². The van der Waals surface area contributed by atoms with Crippen LogP contribution >= 0.6 is 0 Å². The van der Waals surface area contributed by atoms with Gasteiger partial charge in [0.05, 0.1) is 11.0 Å². The zero-order valence-electron chi connectivity index (χ0n) is 13.8. The van der Waals surface area contributed by atoms with Crippen LogP contribution in [0.1, 0.15) is 39.0 Å². The van der Waals surface area contributed by atoms with Crippen molar-refractivity contribution in [2.24, 2.45) is 0 Å². The van der Waals surface area contributed by atoms with Gasteiger partial charge in [0.25, 0.3) is 0 Å². The van der Waals surface area contributed by atoms with E-state index in [9.17, 15) is 9.59 Å². The van der Waals surface area contributed by atoms with Crippen LogP contribution in [0.4, 0.5) is 0 Å². The molecule has 0 aliphatic carbocycles. The van der Waals surface area contributed by atoms with Gasteiger partial charge in [0.2, 0.25) is 5.91 Å². The Bertz CT molecular complexity index is 738. The minimum absolute atomic E-state index is 0.000468. The molecule has 1 aliphatic heterocycles. The van der Waals surface area contributed by atoms with E-state index in [4.69, 9.17) is 0 Å². The van der Waals surface area contributed by atoms with Crippen LogP contribution in [0.5, 0.6) is 0 Å². The molecule has 0 saturated carbocycles. The number of rotatable bonds is 5. The highest BCUT2D eigenvalue weighted by Crippen LogP contribution is 2.15. The van der Waals surface area contributed by atoms with Crippen molar-refractivity contribution >= 4 is 16.9 Å².